The Morgan fingerprint density at radius 1 is 1.29 bits per heavy atom. The molecule has 0 spiro atoms. The first-order valence-electron chi connectivity index (χ1n) is 6.31. The second-order valence-corrected chi connectivity index (χ2v) is 5.74. The Kier molecular flexibility index (Phi) is 3.23. The van der Waals surface area contributed by atoms with Crippen LogP contribution in [0.3, 0.4) is 0 Å². The third-order valence-electron chi connectivity index (χ3n) is 3.78. The summed E-state index contributed by atoms with van der Waals surface area (Å²) in [5.74, 6) is 0.0112. The van der Waals surface area contributed by atoms with E-state index in [1.807, 2.05) is 0 Å². The second kappa shape index (κ2) is 4.52. The summed E-state index contributed by atoms with van der Waals surface area (Å²) in [5.41, 5.74) is 1.84. The first kappa shape index (κ1) is 12.2. The van der Waals surface area contributed by atoms with Gasteiger partial charge in [0.1, 0.15) is 0 Å². The van der Waals surface area contributed by atoms with Crippen molar-refractivity contribution in [2.24, 2.45) is 5.41 Å². The van der Waals surface area contributed by atoms with E-state index in [9.17, 15) is 4.79 Å². The maximum absolute atomic E-state index is 11.1. The Morgan fingerprint density at radius 3 is 2.29 bits per heavy atom. The molecular formula is C15H20O2. The van der Waals surface area contributed by atoms with E-state index in [1.54, 1.807) is 13.8 Å². The normalized spacial score (nSPS) is 16.6. The number of hydrogen-bond acceptors (Lipinski definition) is 1. The zero-order valence-electron chi connectivity index (χ0n) is 10.6. The first-order chi connectivity index (χ1) is 7.99. The molecule has 0 radical (unpaired) electrons. The Balaban J connectivity index is 2.05. The van der Waals surface area contributed by atoms with E-state index < -0.39 is 11.4 Å². The van der Waals surface area contributed by atoms with Crippen LogP contribution < -0.4 is 0 Å². The number of carbonyl (C=O) groups is 1. The van der Waals surface area contributed by atoms with Gasteiger partial charge in [-0.25, -0.2) is 0 Å². The molecular weight excluding hydrogens is 212 g/mol. The Labute approximate surface area is 103 Å². The van der Waals surface area contributed by atoms with E-state index >= 15 is 0 Å². The Bertz CT molecular complexity index is 399. The summed E-state index contributed by atoms with van der Waals surface area (Å²) >= 11 is 0. The topological polar surface area (TPSA) is 37.3 Å². The Morgan fingerprint density at radius 2 is 1.88 bits per heavy atom. The summed E-state index contributed by atoms with van der Waals surface area (Å²) < 4.78 is 0. The molecule has 1 fully saturated rings. The molecule has 1 aromatic rings. The highest BCUT2D eigenvalue weighted by Crippen LogP contribution is 2.36. The summed E-state index contributed by atoms with van der Waals surface area (Å²) in [7, 11) is 0. The molecule has 2 rings (SSSR count). The lowest BCUT2D eigenvalue weighted by Crippen LogP contribution is -2.26. The van der Waals surface area contributed by atoms with Crippen LogP contribution in [0.15, 0.2) is 24.3 Å². The number of rotatable bonds is 4. The van der Waals surface area contributed by atoms with E-state index in [2.05, 4.69) is 24.3 Å². The molecule has 2 heteroatoms. The monoisotopic (exact) mass is 232 g/mol. The highest BCUT2D eigenvalue weighted by Gasteiger charge is 2.27. The number of aliphatic carboxylic acids is 1. The van der Waals surface area contributed by atoms with Crippen LogP contribution >= 0.6 is 0 Å². The molecule has 1 N–H and O–H groups in total. The lowest BCUT2D eigenvalue weighted by Gasteiger charge is -2.26. The minimum atomic E-state index is -0.736. The predicted molar refractivity (Wildman–Crippen MR) is 68.2 cm³/mol. The van der Waals surface area contributed by atoms with Gasteiger partial charge in [-0.15, -0.1) is 0 Å². The van der Waals surface area contributed by atoms with Gasteiger partial charge in [-0.05, 0) is 50.2 Å². The molecule has 0 atom stereocenters. The summed E-state index contributed by atoms with van der Waals surface area (Å²) in [5, 5.41) is 9.09. The molecule has 0 aromatic heterocycles. The zero-order chi connectivity index (χ0) is 12.5. The van der Waals surface area contributed by atoms with E-state index in [0.29, 0.717) is 6.42 Å². The third kappa shape index (κ3) is 2.68. The molecule has 0 aliphatic heterocycles. The van der Waals surface area contributed by atoms with Crippen molar-refractivity contribution in [3.05, 3.63) is 35.4 Å². The highest BCUT2D eigenvalue weighted by atomic mass is 16.4. The van der Waals surface area contributed by atoms with Gasteiger partial charge in [0.2, 0.25) is 0 Å². The van der Waals surface area contributed by atoms with Crippen LogP contribution in [0.1, 0.15) is 50.2 Å². The highest BCUT2D eigenvalue weighted by molar-refractivity contribution is 5.74. The van der Waals surface area contributed by atoms with Crippen molar-refractivity contribution in [2.45, 2.75) is 45.4 Å². The van der Waals surface area contributed by atoms with Gasteiger partial charge < -0.3 is 5.11 Å². The lowest BCUT2D eigenvalue weighted by atomic mass is 9.79. The molecule has 0 saturated heterocycles. The van der Waals surface area contributed by atoms with Crippen LogP contribution in [0.4, 0.5) is 0 Å². The van der Waals surface area contributed by atoms with Crippen LogP contribution in [0, 0.1) is 5.41 Å². The average Bonchev–Trinajstić information content (AvgIpc) is 2.17. The van der Waals surface area contributed by atoms with Crippen molar-refractivity contribution in [3.63, 3.8) is 0 Å². The van der Waals surface area contributed by atoms with Crippen molar-refractivity contribution in [1.82, 2.24) is 0 Å². The molecule has 0 heterocycles. The zero-order valence-corrected chi connectivity index (χ0v) is 10.6. The van der Waals surface area contributed by atoms with Crippen molar-refractivity contribution in [3.8, 4) is 0 Å². The van der Waals surface area contributed by atoms with Gasteiger partial charge >= 0.3 is 5.97 Å². The molecule has 0 bridgehead atoms. The van der Waals surface area contributed by atoms with E-state index in [0.717, 1.165) is 11.5 Å². The van der Waals surface area contributed by atoms with Crippen molar-refractivity contribution < 1.29 is 9.90 Å². The van der Waals surface area contributed by atoms with Gasteiger partial charge in [0.25, 0.3) is 0 Å². The van der Waals surface area contributed by atoms with E-state index in [1.165, 1.54) is 24.8 Å². The quantitative estimate of drug-likeness (QED) is 0.861. The summed E-state index contributed by atoms with van der Waals surface area (Å²) in [4.78, 5) is 11.1. The Hall–Kier alpha value is -1.31. The number of benzene rings is 1. The van der Waals surface area contributed by atoms with Crippen LogP contribution in [-0.2, 0) is 11.2 Å². The van der Waals surface area contributed by atoms with Crippen LogP contribution in [0.5, 0.6) is 0 Å². The van der Waals surface area contributed by atoms with Gasteiger partial charge in [0, 0.05) is 0 Å². The van der Waals surface area contributed by atoms with Crippen LogP contribution in [0.2, 0.25) is 0 Å². The first-order valence-corrected chi connectivity index (χ1v) is 6.31. The molecule has 1 aromatic carbocycles. The molecule has 0 unspecified atom stereocenters. The smallest absolute Gasteiger partial charge is 0.309 e. The van der Waals surface area contributed by atoms with Crippen molar-refractivity contribution in [2.75, 3.05) is 0 Å². The molecule has 1 saturated carbocycles. The summed E-state index contributed by atoms with van der Waals surface area (Å²) in [6.07, 6.45) is 4.55. The average molecular weight is 232 g/mol. The van der Waals surface area contributed by atoms with E-state index in [4.69, 9.17) is 5.11 Å². The minimum absolute atomic E-state index is 0.591. The predicted octanol–water partition coefficient (Wildman–Crippen LogP) is 3.61. The molecule has 2 nitrogen and oxygen atoms in total. The SMILES string of the molecule is CC(C)(Cc1ccc(C2CCC2)cc1)C(=O)O. The second-order valence-electron chi connectivity index (χ2n) is 5.74. The maximum Gasteiger partial charge on any atom is 0.309 e. The molecule has 0 amide bonds. The molecule has 92 valence electrons. The van der Waals surface area contributed by atoms with Gasteiger partial charge in [-0.2, -0.15) is 0 Å². The fraction of sp³-hybridized carbons (Fsp3) is 0.533. The van der Waals surface area contributed by atoms with Gasteiger partial charge in [0.15, 0.2) is 0 Å². The minimum Gasteiger partial charge on any atom is -0.481 e. The fourth-order valence-corrected chi connectivity index (χ4v) is 2.24. The maximum atomic E-state index is 11.1. The van der Waals surface area contributed by atoms with Gasteiger partial charge in [-0.1, -0.05) is 30.7 Å². The third-order valence-corrected chi connectivity index (χ3v) is 3.78. The molecule has 17 heavy (non-hydrogen) atoms. The molecule has 1 aliphatic carbocycles. The number of hydrogen-bond donors (Lipinski definition) is 1. The number of carboxylic acid groups (broad SMARTS) is 1. The van der Waals surface area contributed by atoms with Crippen LogP contribution in [0.25, 0.3) is 0 Å². The lowest BCUT2D eigenvalue weighted by molar-refractivity contribution is -0.146. The molecule has 1 aliphatic rings. The van der Waals surface area contributed by atoms with Crippen molar-refractivity contribution >= 4 is 5.97 Å². The van der Waals surface area contributed by atoms with Crippen molar-refractivity contribution in [1.29, 1.82) is 0 Å². The standard InChI is InChI=1S/C15H20O2/c1-15(2,14(16)17)10-11-6-8-13(9-7-11)12-4-3-5-12/h6-9,12H,3-5,10H2,1-2H3,(H,16,17). The van der Waals surface area contributed by atoms with Gasteiger partial charge in [0.05, 0.1) is 5.41 Å². The summed E-state index contributed by atoms with van der Waals surface area (Å²) in [6, 6.07) is 8.49. The largest absolute Gasteiger partial charge is 0.481 e. The van der Waals surface area contributed by atoms with Gasteiger partial charge in [-0.3, -0.25) is 4.79 Å². The van der Waals surface area contributed by atoms with E-state index in [-0.39, 0.29) is 0 Å². The summed E-state index contributed by atoms with van der Waals surface area (Å²) in [6.45, 7) is 3.55. The fourth-order valence-electron chi connectivity index (χ4n) is 2.24. The number of carboxylic acids is 1. The van der Waals surface area contributed by atoms with Crippen LogP contribution in [-0.4, -0.2) is 11.1 Å².